The van der Waals surface area contributed by atoms with Crippen molar-refractivity contribution in [2.75, 3.05) is 0 Å². The monoisotopic (exact) mass is 791 g/mol. The van der Waals surface area contributed by atoms with E-state index in [-0.39, 0.29) is 0 Å². The summed E-state index contributed by atoms with van der Waals surface area (Å²) in [6.45, 7) is 2.08. The third kappa shape index (κ3) is 5.95. The zero-order valence-electron chi connectivity index (χ0n) is 33.9. The molecule has 11 aromatic rings. The lowest BCUT2D eigenvalue weighted by molar-refractivity contribution is 0.671. The van der Waals surface area contributed by atoms with E-state index in [0.717, 1.165) is 66.4 Å². The van der Waals surface area contributed by atoms with Crippen molar-refractivity contribution in [1.29, 1.82) is 0 Å². The van der Waals surface area contributed by atoms with Gasteiger partial charge in [0.1, 0.15) is 11.2 Å². The van der Waals surface area contributed by atoms with Gasteiger partial charge >= 0.3 is 0 Å². The highest BCUT2D eigenvalue weighted by molar-refractivity contribution is 6.13. The van der Waals surface area contributed by atoms with Gasteiger partial charge in [-0.2, -0.15) is 0 Å². The maximum atomic E-state index is 7.05. The fourth-order valence-corrected chi connectivity index (χ4v) is 9.26. The van der Waals surface area contributed by atoms with Crippen LogP contribution in [0.15, 0.2) is 211 Å². The first-order valence-electron chi connectivity index (χ1n) is 21.0. The zero-order valence-corrected chi connectivity index (χ0v) is 33.9. The van der Waals surface area contributed by atoms with E-state index in [1.54, 1.807) is 0 Å². The number of benzene rings is 9. The predicted molar refractivity (Wildman–Crippen MR) is 254 cm³/mol. The van der Waals surface area contributed by atoms with Gasteiger partial charge in [0, 0.05) is 38.6 Å². The van der Waals surface area contributed by atoms with E-state index in [9.17, 15) is 0 Å². The number of aromatic nitrogens is 3. The molecule has 0 bridgehead atoms. The molecule has 0 N–H and O–H groups in total. The number of rotatable bonds is 5. The van der Waals surface area contributed by atoms with Crippen LogP contribution in [0.5, 0.6) is 0 Å². The molecular formula is C58H37N3O. The molecule has 4 heteroatoms. The van der Waals surface area contributed by atoms with Crippen molar-refractivity contribution in [3.63, 3.8) is 0 Å². The number of para-hydroxylation sites is 2. The summed E-state index contributed by atoms with van der Waals surface area (Å²) in [4.78, 5) is 15.0. The molecule has 0 amide bonds. The normalized spacial score (nSPS) is 11.6. The lowest BCUT2D eigenvalue weighted by Crippen LogP contribution is -2.00. The Hall–Kier alpha value is -8.21. The van der Waals surface area contributed by atoms with Gasteiger partial charge in [0.05, 0.1) is 0 Å². The molecule has 2 heterocycles. The summed E-state index contributed by atoms with van der Waals surface area (Å²) in [6.07, 6.45) is 0. The molecule has 2 aromatic heterocycles. The molecule has 62 heavy (non-hydrogen) atoms. The summed E-state index contributed by atoms with van der Waals surface area (Å²) in [6, 6.07) is 73.0. The largest absolute Gasteiger partial charge is 0.455 e. The van der Waals surface area contributed by atoms with Crippen LogP contribution in [0.2, 0.25) is 0 Å². The van der Waals surface area contributed by atoms with Crippen LogP contribution in [0.1, 0.15) is 5.56 Å². The summed E-state index contributed by atoms with van der Waals surface area (Å²) in [5.74, 6) is 1.89. The highest BCUT2D eigenvalue weighted by Gasteiger charge is 2.23. The van der Waals surface area contributed by atoms with E-state index in [1.165, 1.54) is 44.5 Å². The topological polar surface area (TPSA) is 51.8 Å². The maximum absolute atomic E-state index is 7.05. The summed E-state index contributed by atoms with van der Waals surface area (Å²) in [5, 5.41) is 2.15. The van der Waals surface area contributed by atoms with Crippen LogP contribution in [-0.2, 0) is 0 Å². The van der Waals surface area contributed by atoms with Gasteiger partial charge in [-0.05, 0) is 80.8 Å². The fraction of sp³-hybridized carbons (Fsp3) is 0.0172. The van der Waals surface area contributed by atoms with E-state index in [0.29, 0.717) is 17.5 Å². The first kappa shape index (κ1) is 35.7. The van der Waals surface area contributed by atoms with Crippen molar-refractivity contribution in [2.45, 2.75) is 6.92 Å². The second kappa shape index (κ2) is 14.5. The third-order valence-corrected chi connectivity index (χ3v) is 12.2. The van der Waals surface area contributed by atoms with Gasteiger partial charge in [-0.3, -0.25) is 0 Å². The number of hydrogen-bond acceptors (Lipinski definition) is 4. The Kier molecular flexibility index (Phi) is 8.36. The summed E-state index contributed by atoms with van der Waals surface area (Å²) >= 11 is 0. The molecule has 290 valence electrons. The van der Waals surface area contributed by atoms with Gasteiger partial charge in [-0.15, -0.1) is 0 Å². The van der Waals surface area contributed by atoms with Crippen molar-refractivity contribution in [3.8, 4) is 101 Å². The van der Waals surface area contributed by atoms with E-state index < -0.39 is 0 Å². The van der Waals surface area contributed by atoms with Gasteiger partial charge in [0.15, 0.2) is 17.5 Å². The number of nitrogens with zero attached hydrogens (tertiary/aromatic N) is 3. The van der Waals surface area contributed by atoms with Crippen LogP contribution < -0.4 is 0 Å². The van der Waals surface area contributed by atoms with Crippen LogP contribution >= 0.6 is 0 Å². The van der Waals surface area contributed by atoms with Crippen molar-refractivity contribution < 1.29 is 4.42 Å². The molecule has 0 unspecified atom stereocenters. The Morgan fingerprint density at radius 3 is 1.21 bits per heavy atom. The Balaban J connectivity index is 0.998. The fourth-order valence-electron chi connectivity index (χ4n) is 9.26. The second-order valence-corrected chi connectivity index (χ2v) is 16.0. The highest BCUT2D eigenvalue weighted by Crippen LogP contribution is 2.49. The molecule has 4 nitrogen and oxygen atoms in total. The molecule has 1 aliphatic carbocycles. The maximum Gasteiger partial charge on any atom is 0.164 e. The number of aryl methyl sites for hydroxylation is 1. The first-order chi connectivity index (χ1) is 30.6. The molecular weight excluding hydrogens is 755 g/mol. The third-order valence-electron chi connectivity index (χ3n) is 12.2. The second-order valence-electron chi connectivity index (χ2n) is 16.0. The van der Waals surface area contributed by atoms with Gasteiger partial charge in [0.2, 0.25) is 0 Å². The van der Waals surface area contributed by atoms with Crippen molar-refractivity contribution in [3.05, 3.63) is 212 Å². The van der Waals surface area contributed by atoms with Crippen molar-refractivity contribution >= 4 is 21.9 Å². The minimum Gasteiger partial charge on any atom is -0.455 e. The SMILES string of the molecule is Cc1cccc(-c2nc(-c3ccccc3)nc(-c3cccc(-c4cccc5c4oc4c(-c6ccc7c(c6)-c6ccccc6-c6ccccc6-c6ccccc6-7)cccc45)c3)n2)c1. The molecule has 0 saturated heterocycles. The molecule has 0 saturated carbocycles. The van der Waals surface area contributed by atoms with Crippen molar-refractivity contribution in [2.24, 2.45) is 0 Å². The van der Waals surface area contributed by atoms with E-state index in [2.05, 4.69) is 177 Å². The molecule has 0 spiro atoms. The van der Waals surface area contributed by atoms with Gasteiger partial charge in [0.25, 0.3) is 0 Å². The number of furan rings is 1. The lowest BCUT2D eigenvalue weighted by Gasteiger charge is -2.23. The van der Waals surface area contributed by atoms with Crippen LogP contribution in [0.3, 0.4) is 0 Å². The molecule has 1 aliphatic rings. The van der Waals surface area contributed by atoms with Crippen LogP contribution in [-0.4, -0.2) is 15.0 Å². The van der Waals surface area contributed by atoms with Crippen LogP contribution in [0.4, 0.5) is 0 Å². The number of fused-ring (bicyclic) bond motifs is 11. The molecule has 0 radical (unpaired) electrons. The van der Waals surface area contributed by atoms with Gasteiger partial charge < -0.3 is 4.42 Å². The quantitative estimate of drug-likeness (QED) is 0.174. The van der Waals surface area contributed by atoms with Gasteiger partial charge in [-0.1, -0.05) is 194 Å². The molecule has 0 aliphatic heterocycles. The van der Waals surface area contributed by atoms with E-state index in [4.69, 9.17) is 19.4 Å². The highest BCUT2D eigenvalue weighted by atomic mass is 16.3. The molecule has 9 aromatic carbocycles. The molecule has 12 rings (SSSR count). The minimum atomic E-state index is 0.614. The average molecular weight is 792 g/mol. The Bertz CT molecular complexity index is 3540. The lowest BCUT2D eigenvalue weighted by atomic mass is 9.80. The summed E-state index contributed by atoms with van der Waals surface area (Å²) in [5.41, 5.74) is 19.6. The Labute approximate surface area is 359 Å². The first-order valence-corrected chi connectivity index (χ1v) is 21.0. The average Bonchev–Trinajstić information content (AvgIpc) is 3.73. The van der Waals surface area contributed by atoms with Crippen molar-refractivity contribution in [1.82, 2.24) is 15.0 Å². The predicted octanol–water partition coefficient (Wildman–Crippen LogP) is 15.4. The summed E-state index contributed by atoms with van der Waals surface area (Å²) < 4.78 is 7.05. The van der Waals surface area contributed by atoms with Gasteiger partial charge in [-0.25, -0.2) is 15.0 Å². The Morgan fingerprint density at radius 1 is 0.274 bits per heavy atom. The Morgan fingerprint density at radius 2 is 0.661 bits per heavy atom. The molecule has 0 atom stereocenters. The van der Waals surface area contributed by atoms with E-state index in [1.807, 2.05) is 36.4 Å². The smallest absolute Gasteiger partial charge is 0.164 e. The minimum absolute atomic E-state index is 0.614. The zero-order chi connectivity index (χ0) is 41.1. The number of hydrogen-bond donors (Lipinski definition) is 0. The summed E-state index contributed by atoms with van der Waals surface area (Å²) in [7, 11) is 0. The standard InChI is InChI=1S/C58H37N3O/c1-36-15-11-19-40(33-36)57-59-56(37-16-3-2-4-17-37)60-58(61-57)41-20-12-18-38(34-41)42-27-13-29-51-52-30-14-28-43(55(52)62-54(42)51)39-31-32-50-48-25-8-7-23-46(48)44-21-5-6-22-45(44)47-24-9-10-26-49(47)53(50)35-39/h2-35H,1H3. The molecule has 0 fully saturated rings. The van der Waals surface area contributed by atoms with Crippen LogP contribution in [0, 0.1) is 6.92 Å². The van der Waals surface area contributed by atoms with E-state index >= 15 is 0 Å². The van der Waals surface area contributed by atoms with Crippen LogP contribution in [0.25, 0.3) is 123 Å².